The van der Waals surface area contributed by atoms with Crippen molar-refractivity contribution in [2.24, 2.45) is 5.73 Å². The standard InChI is InChI=1S/C15H19N5O2/c1-15(22)4-2-10(3-5-15)11-8-18-14(19-12(11)13(16)21)20-7-6-17-9-20/h6-10,22H,2-5H2,1H3,(H2,16,21). The molecule has 116 valence electrons. The molecule has 0 aromatic carbocycles. The number of carbonyl (C=O) groups excluding carboxylic acids is 1. The largest absolute Gasteiger partial charge is 0.390 e. The first-order valence-electron chi connectivity index (χ1n) is 7.34. The topological polar surface area (TPSA) is 107 Å². The molecule has 0 spiro atoms. The summed E-state index contributed by atoms with van der Waals surface area (Å²) in [5, 5.41) is 10.1. The maximum Gasteiger partial charge on any atom is 0.267 e. The van der Waals surface area contributed by atoms with Crippen molar-refractivity contribution in [1.29, 1.82) is 0 Å². The van der Waals surface area contributed by atoms with E-state index < -0.39 is 11.5 Å². The quantitative estimate of drug-likeness (QED) is 0.885. The fourth-order valence-electron chi connectivity index (χ4n) is 2.93. The molecule has 2 heterocycles. The van der Waals surface area contributed by atoms with Crippen LogP contribution in [0.25, 0.3) is 5.95 Å². The smallest absolute Gasteiger partial charge is 0.267 e. The zero-order chi connectivity index (χ0) is 15.7. The second kappa shape index (κ2) is 5.49. The van der Waals surface area contributed by atoms with Crippen LogP contribution in [0.4, 0.5) is 0 Å². The molecule has 3 N–H and O–H groups in total. The Balaban J connectivity index is 1.93. The highest BCUT2D eigenvalue weighted by Crippen LogP contribution is 2.38. The van der Waals surface area contributed by atoms with Gasteiger partial charge in [-0.2, -0.15) is 0 Å². The van der Waals surface area contributed by atoms with Crippen molar-refractivity contribution < 1.29 is 9.90 Å². The van der Waals surface area contributed by atoms with Gasteiger partial charge in [-0.1, -0.05) is 0 Å². The number of imidazole rings is 1. The molecule has 1 saturated carbocycles. The Kier molecular flexibility index (Phi) is 3.66. The third kappa shape index (κ3) is 2.85. The van der Waals surface area contributed by atoms with Gasteiger partial charge in [-0.15, -0.1) is 0 Å². The lowest BCUT2D eigenvalue weighted by atomic mass is 9.77. The molecule has 22 heavy (non-hydrogen) atoms. The van der Waals surface area contributed by atoms with E-state index in [1.807, 2.05) is 6.92 Å². The molecule has 0 atom stereocenters. The van der Waals surface area contributed by atoms with Crippen LogP contribution in [0.1, 0.15) is 54.6 Å². The molecule has 1 amide bonds. The molecule has 7 nitrogen and oxygen atoms in total. The summed E-state index contributed by atoms with van der Waals surface area (Å²) < 4.78 is 1.63. The normalized spacial score (nSPS) is 25.1. The minimum absolute atomic E-state index is 0.152. The Morgan fingerprint density at radius 2 is 2.18 bits per heavy atom. The van der Waals surface area contributed by atoms with Gasteiger partial charge in [0.2, 0.25) is 5.95 Å². The Morgan fingerprint density at radius 3 is 2.77 bits per heavy atom. The number of hydrogen-bond donors (Lipinski definition) is 2. The first-order valence-corrected chi connectivity index (χ1v) is 7.34. The lowest BCUT2D eigenvalue weighted by Gasteiger charge is -2.33. The van der Waals surface area contributed by atoms with Crippen molar-refractivity contribution in [2.45, 2.75) is 44.1 Å². The number of hydrogen-bond acceptors (Lipinski definition) is 5. The summed E-state index contributed by atoms with van der Waals surface area (Å²) in [7, 11) is 0. The van der Waals surface area contributed by atoms with Crippen LogP contribution >= 0.6 is 0 Å². The molecule has 1 aliphatic rings. The fourth-order valence-corrected chi connectivity index (χ4v) is 2.93. The maximum absolute atomic E-state index is 11.8. The monoisotopic (exact) mass is 301 g/mol. The molecule has 1 fully saturated rings. The summed E-state index contributed by atoms with van der Waals surface area (Å²) in [5.41, 5.74) is 5.89. The number of amides is 1. The average Bonchev–Trinajstić information content (AvgIpc) is 3.01. The molecule has 3 rings (SSSR count). The third-order valence-electron chi connectivity index (χ3n) is 4.28. The van der Waals surface area contributed by atoms with Crippen molar-refractivity contribution in [2.75, 3.05) is 0 Å². The van der Waals surface area contributed by atoms with Crippen molar-refractivity contribution in [3.8, 4) is 5.95 Å². The molecular formula is C15H19N5O2. The summed E-state index contributed by atoms with van der Waals surface area (Å²) in [4.78, 5) is 24.3. The molecule has 0 bridgehead atoms. The summed E-state index contributed by atoms with van der Waals surface area (Å²) in [5.74, 6) is -0.0338. The summed E-state index contributed by atoms with van der Waals surface area (Å²) in [6, 6.07) is 0. The Hall–Kier alpha value is -2.28. The van der Waals surface area contributed by atoms with Gasteiger partial charge in [0.1, 0.15) is 12.0 Å². The van der Waals surface area contributed by atoms with E-state index >= 15 is 0 Å². The van der Waals surface area contributed by atoms with Gasteiger partial charge in [-0.3, -0.25) is 9.36 Å². The minimum Gasteiger partial charge on any atom is -0.390 e. The molecule has 1 aliphatic carbocycles. The zero-order valence-electron chi connectivity index (χ0n) is 12.4. The van der Waals surface area contributed by atoms with Gasteiger partial charge in [0.25, 0.3) is 5.91 Å². The summed E-state index contributed by atoms with van der Waals surface area (Å²) >= 11 is 0. The van der Waals surface area contributed by atoms with Crippen LogP contribution < -0.4 is 5.73 Å². The van der Waals surface area contributed by atoms with Gasteiger partial charge in [0.15, 0.2) is 0 Å². The first kappa shape index (κ1) is 14.6. The van der Waals surface area contributed by atoms with Crippen LogP contribution in [0, 0.1) is 0 Å². The predicted octanol–water partition coefficient (Wildman–Crippen LogP) is 1.17. The van der Waals surface area contributed by atoms with Crippen molar-refractivity contribution >= 4 is 5.91 Å². The highest BCUT2D eigenvalue weighted by molar-refractivity contribution is 5.92. The number of nitrogens with two attached hydrogens (primary N) is 1. The second-order valence-electron chi connectivity index (χ2n) is 6.08. The minimum atomic E-state index is -0.624. The summed E-state index contributed by atoms with van der Waals surface area (Å²) in [6.07, 6.45) is 9.53. The lowest BCUT2D eigenvalue weighted by molar-refractivity contribution is 0.0170. The molecule has 0 unspecified atom stereocenters. The van der Waals surface area contributed by atoms with Gasteiger partial charge in [-0.05, 0) is 38.5 Å². The van der Waals surface area contributed by atoms with Crippen LogP contribution in [0.15, 0.2) is 24.9 Å². The van der Waals surface area contributed by atoms with E-state index in [1.54, 1.807) is 29.5 Å². The van der Waals surface area contributed by atoms with Crippen molar-refractivity contribution in [1.82, 2.24) is 19.5 Å². The van der Waals surface area contributed by atoms with E-state index in [0.717, 1.165) is 18.4 Å². The number of rotatable bonds is 3. The third-order valence-corrected chi connectivity index (χ3v) is 4.28. The number of primary amides is 1. The van der Waals surface area contributed by atoms with Crippen molar-refractivity contribution in [3.05, 3.63) is 36.2 Å². The van der Waals surface area contributed by atoms with Gasteiger partial charge >= 0.3 is 0 Å². The van der Waals surface area contributed by atoms with Crippen LogP contribution in [0.2, 0.25) is 0 Å². The van der Waals surface area contributed by atoms with Gasteiger partial charge in [0, 0.05) is 24.2 Å². The van der Waals surface area contributed by atoms with E-state index in [1.165, 1.54) is 0 Å². The average molecular weight is 301 g/mol. The lowest BCUT2D eigenvalue weighted by Crippen LogP contribution is -2.30. The van der Waals surface area contributed by atoms with Crippen molar-refractivity contribution in [3.63, 3.8) is 0 Å². The number of carbonyl (C=O) groups is 1. The first-order chi connectivity index (χ1) is 10.5. The van der Waals surface area contributed by atoms with Crippen LogP contribution in [0.3, 0.4) is 0 Å². The van der Waals surface area contributed by atoms with Crippen LogP contribution in [-0.4, -0.2) is 36.1 Å². The summed E-state index contributed by atoms with van der Waals surface area (Å²) in [6.45, 7) is 1.84. The Morgan fingerprint density at radius 1 is 1.45 bits per heavy atom. The molecule has 2 aromatic rings. The van der Waals surface area contributed by atoms with E-state index in [2.05, 4.69) is 15.0 Å². The highest BCUT2D eigenvalue weighted by Gasteiger charge is 2.31. The predicted molar refractivity (Wildman–Crippen MR) is 79.5 cm³/mol. The van der Waals surface area contributed by atoms with E-state index in [4.69, 9.17) is 5.73 Å². The van der Waals surface area contributed by atoms with Gasteiger partial charge < -0.3 is 10.8 Å². The molecule has 0 radical (unpaired) electrons. The fraction of sp³-hybridized carbons (Fsp3) is 0.467. The van der Waals surface area contributed by atoms with Crippen LogP contribution in [-0.2, 0) is 0 Å². The zero-order valence-corrected chi connectivity index (χ0v) is 12.4. The van der Waals surface area contributed by atoms with E-state index in [0.29, 0.717) is 18.8 Å². The maximum atomic E-state index is 11.8. The number of aliphatic hydroxyl groups is 1. The Labute approximate surface area is 128 Å². The Bertz CT molecular complexity index is 671. The molecule has 2 aromatic heterocycles. The number of nitrogens with zero attached hydrogens (tertiary/aromatic N) is 4. The van der Waals surface area contributed by atoms with E-state index in [-0.39, 0.29) is 11.6 Å². The second-order valence-corrected chi connectivity index (χ2v) is 6.08. The molecule has 0 aliphatic heterocycles. The van der Waals surface area contributed by atoms with Gasteiger partial charge in [0.05, 0.1) is 5.60 Å². The SMILES string of the molecule is CC1(O)CCC(c2cnc(-n3ccnc3)nc2C(N)=O)CC1. The molecule has 0 saturated heterocycles. The van der Waals surface area contributed by atoms with Crippen LogP contribution in [0.5, 0.6) is 0 Å². The highest BCUT2D eigenvalue weighted by atomic mass is 16.3. The van der Waals surface area contributed by atoms with Gasteiger partial charge in [-0.25, -0.2) is 15.0 Å². The number of aromatic nitrogens is 4. The molecular weight excluding hydrogens is 282 g/mol. The van der Waals surface area contributed by atoms with E-state index in [9.17, 15) is 9.90 Å². The molecule has 7 heteroatoms.